The van der Waals surface area contributed by atoms with Gasteiger partial charge in [0.2, 0.25) is 0 Å². The Morgan fingerprint density at radius 3 is 2.33 bits per heavy atom. The Labute approximate surface area is 264 Å². The van der Waals surface area contributed by atoms with Gasteiger partial charge in [0.25, 0.3) is 11.8 Å². The molecule has 7 rings (SSSR count). The molecule has 9 heteroatoms. The Hall–Kier alpha value is -4.92. The molecule has 0 spiro atoms. The quantitative estimate of drug-likeness (QED) is 0.189. The molecule has 0 unspecified atom stereocenters. The van der Waals surface area contributed by atoms with Crippen LogP contribution in [0.1, 0.15) is 53.3 Å². The highest BCUT2D eigenvalue weighted by Gasteiger charge is 2.43. The number of carbonyl (C=O) groups is 2. The van der Waals surface area contributed by atoms with Gasteiger partial charge in [0.15, 0.2) is 0 Å². The first-order valence-corrected chi connectivity index (χ1v) is 15.5. The summed E-state index contributed by atoms with van der Waals surface area (Å²) in [4.78, 5) is 31.6. The van der Waals surface area contributed by atoms with E-state index in [1.807, 2.05) is 36.4 Å². The van der Waals surface area contributed by atoms with Crippen LogP contribution in [0.5, 0.6) is 0 Å². The van der Waals surface area contributed by atoms with Crippen molar-refractivity contribution in [3.05, 3.63) is 108 Å². The van der Waals surface area contributed by atoms with Crippen molar-refractivity contribution in [3.63, 3.8) is 0 Å². The first-order valence-electron chi connectivity index (χ1n) is 15.5. The van der Waals surface area contributed by atoms with E-state index in [0.29, 0.717) is 35.6 Å². The molecular weight excluding hydrogens is 591 g/mol. The molecule has 6 nitrogen and oxygen atoms in total. The number of furan rings is 1. The molecule has 2 aliphatic rings. The highest BCUT2D eigenvalue weighted by Crippen LogP contribution is 2.48. The molecule has 0 radical (unpaired) electrons. The van der Waals surface area contributed by atoms with Crippen LogP contribution in [0.2, 0.25) is 0 Å². The molecule has 2 atom stereocenters. The zero-order valence-electron chi connectivity index (χ0n) is 25.0. The van der Waals surface area contributed by atoms with Gasteiger partial charge in [-0.15, -0.1) is 0 Å². The standard InChI is InChI=1S/C37H32F3N3O3/c38-28-8-5-23(6-9-28)31-19-26(22-1-3-24(4-2-22)36(45)43-15-13-37(39,40)14-16-43)17-27-18-29(46-35(27)31)10-11-33(44)32-20-30(32)25-7-12-34(41)42-21-25/h1-9,12,17-19,21,30,32H,10-11,13-16,20H2,(H2,41,42)/t30-,32+/m1/s1. The summed E-state index contributed by atoms with van der Waals surface area (Å²) in [5, 5.41) is 0.839. The van der Waals surface area contributed by atoms with Gasteiger partial charge in [-0.25, -0.2) is 18.2 Å². The molecule has 234 valence electrons. The molecule has 1 aliphatic carbocycles. The predicted molar refractivity (Wildman–Crippen MR) is 170 cm³/mol. The van der Waals surface area contributed by atoms with Crippen molar-refractivity contribution in [2.24, 2.45) is 5.92 Å². The second-order valence-electron chi connectivity index (χ2n) is 12.3. The second-order valence-corrected chi connectivity index (χ2v) is 12.3. The molecule has 2 aromatic heterocycles. The van der Waals surface area contributed by atoms with E-state index in [0.717, 1.165) is 39.6 Å². The van der Waals surface area contributed by atoms with E-state index in [2.05, 4.69) is 4.98 Å². The molecule has 1 amide bonds. The summed E-state index contributed by atoms with van der Waals surface area (Å²) in [6.07, 6.45) is 2.70. The maximum atomic E-state index is 13.8. The van der Waals surface area contributed by atoms with E-state index in [9.17, 15) is 22.8 Å². The Kier molecular flexibility index (Phi) is 7.63. The van der Waals surface area contributed by atoms with Crippen molar-refractivity contribution < 1.29 is 27.2 Å². The summed E-state index contributed by atoms with van der Waals surface area (Å²) in [5.74, 6) is -1.85. The number of alkyl halides is 2. The number of benzene rings is 3. The Bertz CT molecular complexity index is 1910. The third kappa shape index (κ3) is 6.14. The number of carbonyl (C=O) groups excluding carboxylic acids is 2. The van der Waals surface area contributed by atoms with Crippen LogP contribution in [-0.2, 0) is 11.2 Å². The summed E-state index contributed by atoms with van der Waals surface area (Å²) in [6.45, 7) is 0.0575. The summed E-state index contributed by atoms with van der Waals surface area (Å²) in [6, 6.07) is 22.9. The van der Waals surface area contributed by atoms with Gasteiger partial charge in [-0.05, 0) is 83.1 Å². The normalized spacial score (nSPS) is 18.9. The number of aromatic nitrogens is 1. The lowest BCUT2D eigenvalue weighted by molar-refractivity contribution is -0.120. The van der Waals surface area contributed by atoms with Crippen LogP contribution < -0.4 is 5.73 Å². The van der Waals surface area contributed by atoms with Gasteiger partial charge < -0.3 is 15.1 Å². The highest BCUT2D eigenvalue weighted by atomic mass is 19.3. The second kappa shape index (κ2) is 11.8. The number of fused-ring (bicyclic) bond motifs is 1. The zero-order chi connectivity index (χ0) is 32.0. The Morgan fingerprint density at radius 1 is 0.913 bits per heavy atom. The number of aryl methyl sites for hydroxylation is 1. The number of pyridine rings is 1. The average Bonchev–Trinajstić information content (AvgIpc) is 3.75. The van der Waals surface area contributed by atoms with Crippen molar-refractivity contribution in [2.75, 3.05) is 18.8 Å². The number of ketones is 1. The predicted octanol–water partition coefficient (Wildman–Crippen LogP) is 8.06. The number of likely N-dealkylation sites (tertiary alicyclic amines) is 1. The van der Waals surface area contributed by atoms with E-state index in [1.165, 1.54) is 17.0 Å². The Morgan fingerprint density at radius 2 is 1.63 bits per heavy atom. The third-order valence-corrected chi connectivity index (χ3v) is 9.13. The molecule has 5 aromatic rings. The van der Waals surface area contributed by atoms with Gasteiger partial charge >= 0.3 is 0 Å². The lowest BCUT2D eigenvalue weighted by Crippen LogP contribution is -2.42. The number of rotatable bonds is 8. The molecule has 2 N–H and O–H groups in total. The summed E-state index contributed by atoms with van der Waals surface area (Å²) < 4.78 is 47.3. The molecule has 1 aliphatic heterocycles. The van der Waals surface area contributed by atoms with Crippen LogP contribution in [0.25, 0.3) is 33.2 Å². The maximum Gasteiger partial charge on any atom is 0.253 e. The first-order chi connectivity index (χ1) is 22.1. The number of hydrogen-bond acceptors (Lipinski definition) is 5. The lowest BCUT2D eigenvalue weighted by atomic mass is 9.96. The van der Waals surface area contributed by atoms with Gasteiger partial charge in [-0.3, -0.25) is 9.59 Å². The third-order valence-electron chi connectivity index (χ3n) is 9.13. The van der Waals surface area contributed by atoms with Crippen LogP contribution in [0.15, 0.2) is 89.5 Å². The molecule has 3 aromatic carbocycles. The number of anilines is 1. The number of halogens is 3. The highest BCUT2D eigenvalue weighted by molar-refractivity contribution is 5.98. The zero-order valence-corrected chi connectivity index (χ0v) is 25.0. The average molecular weight is 624 g/mol. The van der Waals surface area contributed by atoms with Crippen molar-refractivity contribution in [1.82, 2.24) is 9.88 Å². The number of piperidine rings is 1. The number of amides is 1. The van der Waals surface area contributed by atoms with Crippen LogP contribution in [0.4, 0.5) is 19.0 Å². The van der Waals surface area contributed by atoms with E-state index in [-0.39, 0.29) is 55.3 Å². The number of Topliss-reactive ketones (excluding diaryl/α,β-unsaturated/α-hetero) is 1. The molecular formula is C37H32F3N3O3. The minimum absolute atomic E-state index is 0.0260. The summed E-state index contributed by atoms with van der Waals surface area (Å²) >= 11 is 0. The van der Waals surface area contributed by atoms with E-state index < -0.39 is 5.92 Å². The van der Waals surface area contributed by atoms with Crippen LogP contribution in [0.3, 0.4) is 0 Å². The monoisotopic (exact) mass is 623 g/mol. The first kappa shape index (κ1) is 29.8. The van der Waals surface area contributed by atoms with E-state index in [4.69, 9.17) is 10.2 Å². The number of hydrogen-bond donors (Lipinski definition) is 1. The topological polar surface area (TPSA) is 89.4 Å². The number of nitrogens with two attached hydrogens (primary N) is 1. The van der Waals surface area contributed by atoms with Gasteiger partial charge in [0.1, 0.15) is 28.8 Å². The van der Waals surface area contributed by atoms with Gasteiger partial charge in [-0.1, -0.05) is 30.3 Å². The van der Waals surface area contributed by atoms with Crippen molar-refractivity contribution in [3.8, 4) is 22.3 Å². The summed E-state index contributed by atoms with van der Waals surface area (Å²) in [7, 11) is 0. The van der Waals surface area contributed by atoms with Gasteiger partial charge in [0, 0.05) is 67.4 Å². The minimum atomic E-state index is -2.72. The smallest absolute Gasteiger partial charge is 0.253 e. The Balaban J connectivity index is 1.12. The van der Waals surface area contributed by atoms with E-state index in [1.54, 1.807) is 36.5 Å². The molecule has 46 heavy (non-hydrogen) atoms. The number of nitrogens with zero attached hydrogens (tertiary/aromatic N) is 2. The largest absolute Gasteiger partial charge is 0.460 e. The minimum Gasteiger partial charge on any atom is -0.460 e. The van der Waals surface area contributed by atoms with Gasteiger partial charge in [0.05, 0.1) is 0 Å². The fraction of sp³-hybridized carbons (Fsp3) is 0.270. The van der Waals surface area contributed by atoms with Crippen molar-refractivity contribution in [1.29, 1.82) is 0 Å². The van der Waals surface area contributed by atoms with Crippen LogP contribution in [0, 0.1) is 11.7 Å². The van der Waals surface area contributed by atoms with Crippen molar-refractivity contribution in [2.45, 2.75) is 43.9 Å². The molecule has 2 fully saturated rings. The van der Waals surface area contributed by atoms with Crippen molar-refractivity contribution >= 4 is 28.5 Å². The maximum absolute atomic E-state index is 13.8. The molecule has 0 bridgehead atoms. The van der Waals surface area contributed by atoms with E-state index >= 15 is 0 Å². The fourth-order valence-electron chi connectivity index (χ4n) is 6.35. The van der Waals surface area contributed by atoms with Crippen LogP contribution >= 0.6 is 0 Å². The SMILES string of the molecule is Nc1ccc([C@H]2C[C@@H]2C(=O)CCc2cc3cc(-c4ccc(C(=O)N5CCC(F)(F)CC5)cc4)cc(-c4ccc(F)cc4)c3o2)cn1. The van der Waals surface area contributed by atoms with Gasteiger partial charge in [-0.2, -0.15) is 0 Å². The molecule has 3 heterocycles. The fourth-order valence-corrected chi connectivity index (χ4v) is 6.35. The van der Waals surface area contributed by atoms with Crippen LogP contribution in [-0.4, -0.2) is 40.6 Å². The summed E-state index contributed by atoms with van der Waals surface area (Å²) in [5.41, 5.74) is 11.1. The molecule has 1 saturated carbocycles. The molecule has 1 saturated heterocycles. The lowest BCUT2D eigenvalue weighted by Gasteiger charge is -2.31. The number of nitrogen functional groups attached to an aromatic ring is 1.